The average molecular weight is 491 g/mol. The summed E-state index contributed by atoms with van der Waals surface area (Å²) >= 11 is 0. The Bertz CT molecular complexity index is 1480. The molecule has 0 aliphatic heterocycles. The van der Waals surface area contributed by atoms with Gasteiger partial charge in [-0.05, 0) is 54.8 Å². The number of ether oxygens (including phenoxy) is 1. The molecule has 0 spiro atoms. The topological polar surface area (TPSA) is 81.4 Å². The van der Waals surface area contributed by atoms with Gasteiger partial charge in [-0.25, -0.2) is 13.5 Å². The van der Waals surface area contributed by atoms with Gasteiger partial charge in [-0.3, -0.25) is 9.59 Å². The molecule has 4 aromatic rings. The second kappa shape index (κ2) is 10.5. The van der Waals surface area contributed by atoms with Crippen LogP contribution < -0.4 is 5.56 Å². The molecule has 0 saturated carbocycles. The number of carbonyl (C=O) groups excluding carboxylic acids is 1. The van der Waals surface area contributed by atoms with Crippen LogP contribution in [0.4, 0.5) is 8.78 Å². The van der Waals surface area contributed by atoms with E-state index in [1.165, 1.54) is 43.5 Å². The van der Waals surface area contributed by atoms with Gasteiger partial charge in [-0.2, -0.15) is 5.10 Å². The van der Waals surface area contributed by atoms with E-state index in [9.17, 15) is 23.5 Å². The third-order valence-corrected chi connectivity index (χ3v) is 5.97. The molecular formula is C28H24F2N2O4. The molecule has 0 amide bonds. The molecule has 6 nitrogen and oxygen atoms in total. The number of esters is 1. The highest BCUT2D eigenvalue weighted by atomic mass is 19.1. The van der Waals surface area contributed by atoms with Gasteiger partial charge >= 0.3 is 5.97 Å². The van der Waals surface area contributed by atoms with Crippen LogP contribution in [0.1, 0.15) is 28.3 Å². The zero-order valence-corrected chi connectivity index (χ0v) is 19.7. The summed E-state index contributed by atoms with van der Waals surface area (Å²) in [5.74, 6) is -2.44. The number of aromatic nitrogens is 2. The Morgan fingerprint density at radius 1 is 1.03 bits per heavy atom. The number of hydrogen-bond acceptors (Lipinski definition) is 5. The molecule has 0 aliphatic carbocycles. The number of carbonyl (C=O) groups is 1. The number of rotatable bonds is 7. The molecule has 1 heterocycles. The second-order valence-corrected chi connectivity index (χ2v) is 8.37. The van der Waals surface area contributed by atoms with Gasteiger partial charge in [0, 0.05) is 22.6 Å². The predicted octanol–water partition coefficient (Wildman–Crippen LogP) is 4.75. The molecule has 3 aromatic carbocycles. The maximum absolute atomic E-state index is 14.4. The van der Waals surface area contributed by atoms with Gasteiger partial charge in [-0.15, -0.1) is 0 Å². The van der Waals surface area contributed by atoms with Crippen LogP contribution in [-0.2, 0) is 22.5 Å². The van der Waals surface area contributed by atoms with E-state index in [2.05, 4.69) is 5.10 Å². The van der Waals surface area contributed by atoms with E-state index in [1.54, 1.807) is 43.3 Å². The lowest BCUT2D eigenvalue weighted by molar-refractivity contribution is -0.141. The van der Waals surface area contributed by atoms with Crippen molar-refractivity contribution in [2.45, 2.75) is 25.8 Å². The summed E-state index contributed by atoms with van der Waals surface area (Å²) in [7, 11) is 1.21. The highest BCUT2D eigenvalue weighted by molar-refractivity contribution is 5.76. The van der Waals surface area contributed by atoms with Gasteiger partial charge in [0.2, 0.25) is 0 Å². The van der Waals surface area contributed by atoms with E-state index in [-0.39, 0.29) is 17.7 Å². The summed E-state index contributed by atoms with van der Waals surface area (Å²) in [5, 5.41) is 15.0. The number of benzene rings is 3. The minimum atomic E-state index is -0.754. The van der Waals surface area contributed by atoms with Crippen molar-refractivity contribution in [2.75, 3.05) is 7.11 Å². The first-order valence-electron chi connectivity index (χ1n) is 11.2. The van der Waals surface area contributed by atoms with Crippen molar-refractivity contribution in [3.8, 4) is 16.9 Å². The van der Waals surface area contributed by atoms with Gasteiger partial charge in [0.05, 0.1) is 12.8 Å². The summed E-state index contributed by atoms with van der Waals surface area (Å²) in [6, 6.07) is 18.3. The number of aryl methyl sites for hydroxylation is 1. The Labute approximate surface area is 206 Å². The molecule has 36 heavy (non-hydrogen) atoms. The zero-order chi connectivity index (χ0) is 25.8. The number of halogens is 2. The van der Waals surface area contributed by atoms with E-state index in [4.69, 9.17) is 4.74 Å². The Kier molecular flexibility index (Phi) is 7.24. The molecule has 4 rings (SSSR count). The molecule has 0 bridgehead atoms. The minimum absolute atomic E-state index is 0.0717. The molecule has 1 N–H and O–H groups in total. The normalized spacial score (nSPS) is 11.8. The SMILES string of the molecule is COC(=O)Cn1nc(C)c(-c2ccccc2O)c(C(Cc2cccc(F)c2)c2cccc(F)c2)c1=O. The number of methoxy groups -OCH3 is 1. The van der Waals surface area contributed by atoms with Crippen LogP contribution in [0.2, 0.25) is 0 Å². The van der Waals surface area contributed by atoms with Crippen LogP contribution >= 0.6 is 0 Å². The Morgan fingerprint density at radius 3 is 2.39 bits per heavy atom. The summed E-state index contributed by atoms with van der Waals surface area (Å²) in [6.45, 7) is 1.23. The number of aromatic hydroxyl groups is 1. The summed E-state index contributed by atoms with van der Waals surface area (Å²) in [4.78, 5) is 25.9. The first-order valence-corrected chi connectivity index (χ1v) is 11.2. The Morgan fingerprint density at radius 2 is 1.72 bits per heavy atom. The van der Waals surface area contributed by atoms with Crippen molar-refractivity contribution in [1.29, 1.82) is 0 Å². The Hall–Kier alpha value is -4.33. The predicted molar refractivity (Wildman–Crippen MR) is 131 cm³/mol. The molecule has 0 saturated heterocycles. The molecule has 0 radical (unpaired) electrons. The molecule has 0 fully saturated rings. The number of phenols is 1. The van der Waals surface area contributed by atoms with Gasteiger partial charge < -0.3 is 9.84 Å². The highest BCUT2D eigenvalue weighted by Crippen LogP contribution is 2.38. The van der Waals surface area contributed by atoms with Crippen LogP contribution in [0, 0.1) is 18.6 Å². The molecule has 8 heteroatoms. The maximum Gasteiger partial charge on any atom is 0.327 e. The summed E-state index contributed by atoms with van der Waals surface area (Å²) in [6.07, 6.45) is 0.152. The highest BCUT2D eigenvalue weighted by Gasteiger charge is 2.28. The largest absolute Gasteiger partial charge is 0.507 e. The summed E-state index contributed by atoms with van der Waals surface area (Å²) < 4.78 is 34.1. The number of hydrogen-bond donors (Lipinski definition) is 1. The fourth-order valence-electron chi connectivity index (χ4n) is 4.37. The number of para-hydroxylation sites is 1. The van der Waals surface area contributed by atoms with Crippen LogP contribution in [0.3, 0.4) is 0 Å². The van der Waals surface area contributed by atoms with Crippen molar-refractivity contribution in [1.82, 2.24) is 9.78 Å². The van der Waals surface area contributed by atoms with E-state index < -0.39 is 35.6 Å². The van der Waals surface area contributed by atoms with Crippen LogP contribution in [0.5, 0.6) is 5.75 Å². The van der Waals surface area contributed by atoms with Gasteiger partial charge in [-0.1, -0.05) is 42.5 Å². The minimum Gasteiger partial charge on any atom is -0.507 e. The van der Waals surface area contributed by atoms with Crippen LogP contribution in [0.25, 0.3) is 11.1 Å². The van der Waals surface area contributed by atoms with Crippen molar-refractivity contribution >= 4 is 5.97 Å². The molecule has 1 unspecified atom stereocenters. The van der Waals surface area contributed by atoms with E-state index in [1.807, 2.05) is 0 Å². The van der Waals surface area contributed by atoms with Crippen LogP contribution in [0.15, 0.2) is 77.6 Å². The summed E-state index contributed by atoms with van der Waals surface area (Å²) in [5.41, 5.74) is 1.75. The monoisotopic (exact) mass is 490 g/mol. The fraction of sp³-hybridized carbons (Fsp3) is 0.179. The van der Waals surface area contributed by atoms with Gasteiger partial charge in [0.15, 0.2) is 0 Å². The zero-order valence-electron chi connectivity index (χ0n) is 19.7. The third-order valence-electron chi connectivity index (χ3n) is 5.97. The van der Waals surface area contributed by atoms with Crippen molar-refractivity contribution in [3.63, 3.8) is 0 Å². The lowest BCUT2D eigenvalue weighted by Gasteiger charge is -2.23. The molecule has 0 aliphatic rings. The quantitative estimate of drug-likeness (QED) is 0.378. The number of nitrogens with zero attached hydrogens (tertiary/aromatic N) is 2. The molecular weight excluding hydrogens is 466 g/mol. The standard InChI is InChI=1S/C28H24F2N2O4/c1-17-26(22-11-3-4-12-24(22)33)27(28(35)32(31-17)16-25(34)36-2)23(19-8-6-10-21(30)15-19)14-18-7-5-9-20(29)13-18/h3-13,15,23,33H,14,16H2,1-2H3. The smallest absolute Gasteiger partial charge is 0.327 e. The van der Waals surface area contributed by atoms with Crippen molar-refractivity contribution < 1.29 is 23.4 Å². The molecule has 1 atom stereocenters. The van der Waals surface area contributed by atoms with Gasteiger partial charge in [0.25, 0.3) is 5.56 Å². The molecule has 184 valence electrons. The lowest BCUT2D eigenvalue weighted by atomic mass is 9.82. The Balaban J connectivity index is 2.05. The fourth-order valence-corrected chi connectivity index (χ4v) is 4.37. The average Bonchev–Trinajstić information content (AvgIpc) is 2.85. The molecule has 1 aromatic heterocycles. The third kappa shape index (κ3) is 5.17. The first kappa shape index (κ1) is 24.8. The van der Waals surface area contributed by atoms with Gasteiger partial charge in [0.1, 0.15) is 23.9 Å². The lowest BCUT2D eigenvalue weighted by Crippen LogP contribution is -2.33. The maximum atomic E-state index is 14.4. The van der Waals surface area contributed by atoms with Crippen molar-refractivity contribution in [2.24, 2.45) is 0 Å². The first-order chi connectivity index (χ1) is 17.3. The van der Waals surface area contributed by atoms with E-state index in [0.29, 0.717) is 27.9 Å². The number of phenolic OH excluding ortho intramolecular Hbond substituents is 1. The van der Waals surface area contributed by atoms with E-state index in [0.717, 1.165) is 4.68 Å². The second-order valence-electron chi connectivity index (χ2n) is 8.37. The van der Waals surface area contributed by atoms with Crippen molar-refractivity contribution in [3.05, 3.63) is 117 Å². The van der Waals surface area contributed by atoms with E-state index >= 15 is 0 Å². The van der Waals surface area contributed by atoms with Crippen LogP contribution in [-0.4, -0.2) is 28.0 Å².